The smallest absolute Gasteiger partial charge is 0.302 e. The second-order valence-corrected chi connectivity index (χ2v) is 7.76. The Balaban J connectivity index is 0.00000242. The van der Waals surface area contributed by atoms with Crippen LogP contribution >= 0.6 is 0 Å². The van der Waals surface area contributed by atoms with Crippen molar-refractivity contribution in [2.75, 3.05) is 20.6 Å². The zero-order valence-electron chi connectivity index (χ0n) is 14.9. The van der Waals surface area contributed by atoms with Crippen molar-refractivity contribution in [1.82, 2.24) is 0 Å². The van der Waals surface area contributed by atoms with E-state index in [1.807, 2.05) is 0 Å². The lowest BCUT2D eigenvalue weighted by Gasteiger charge is -2.58. The Kier molecular flexibility index (Phi) is 7.64. The molecular formula is C18H34INO2. The third-order valence-electron chi connectivity index (χ3n) is 6.21. The predicted molar refractivity (Wildman–Crippen MR) is 86.0 cm³/mol. The van der Waals surface area contributed by atoms with Gasteiger partial charge in [0, 0.05) is 19.8 Å². The van der Waals surface area contributed by atoms with Crippen LogP contribution in [0.3, 0.4) is 0 Å². The van der Waals surface area contributed by atoms with Gasteiger partial charge >= 0.3 is 5.97 Å². The zero-order chi connectivity index (χ0) is 15.5. The Morgan fingerprint density at radius 1 is 1.23 bits per heavy atom. The average molecular weight is 423 g/mol. The third kappa shape index (κ3) is 3.97. The summed E-state index contributed by atoms with van der Waals surface area (Å²) in [6, 6.07) is 0. The van der Waals surface area contributed by atoms with E-state index in [1.165, 1.54) is 57.9 Å². The van der Waals surface area contributed by atoms with Crippen molar-refractivity contribution in [3.63, 3.8) is 0 Å². The highest BCUT2D eigenvalue weighted by Gasteiger charge is 2.56. The Morgan fingerprint density at radius 2 is 1.91 bits per heavy atom. The van der Waals surface area contributed by atoms with E-state index >= 15 is 0 Å². The maximum atomic E-state index is 11.5. The topological polar surface area (TPSA) is 26.3 Å². The van der Waals surface area contributed by atoms with E-state index in [0.717, 1.165) is 10.9 Å². The minimum absolute atomic E-state index is 0. The van der Waals surface area contributed by atoms with Gasteiger partial charge in [-0.25, -0.2) is 0 Å². The van der Waals surface area contributed by atoms with Crippen molar-refractivity contribution < 1.29 is 38.0 Å². The molecule has 2 rings (SSSR count). The first-order chi connectivity index (χ1) is 9.93. The fourth-order valence-corrected chi connectivity index (χ4v) is 5.10. The van der Waals surface area contributed by atoms with Gasteiger partial charge in [0.05, 0.1) is 26.6 Å². The Labute approximate surface area is 153 Å². The van der Waals surface area contributed by atoms with Crippen LogP contribution in [0.5, 0.6) is 0 Å². The molecule has 22 heavy (non-hydrogen) atoms. The van der Waals surface area contributed by atoms with Crippen molar-refractivity contribution in [1.29, 1.82) is 0 Å². The van der Waals surface area contributed by atoms with Crippen molar-refractivity contribution in [3.05, 3.63) is 0 Å². The summed E-state index contributed by atoms with van der Waals surface area (Å²) in [7, 11) is 4.82. The van der Waals surface area contributed by atoms with Gasteiger partial charge in [0.2, 0.25) is 0 Å². The van der Waals surface area contributed by atoms with E-state index in [1.54, 1.807) is 6.92 Å². The summed E-state index contributed by atoms with van der Waals surface area (Å²) in [5, 5.41) is 0. The Bertz CT molecular complexity index is 368. The number of esters is 1. The molecule has 1 saturated heterocycles. The maximum Gasteiger partial charge on any atom is 0.302 e. The summed E-state index contributed by atoms with van der Waals surface area (Å²) >= 11 is 0. The van der Waals surface area contributed by atoms with Crippen LogP contribution in [-0.2, 0) is 9.53 Å². The largest absolute Gasteiger partial charge is 1.00 e. The normalized spacial score (nSPS) is 34.0. The number of piperidine rings is 1. The van der Waals surface area contributed by atoms with E-state index < -0.39 is 0 Å². The summed E-state index contributed by atoms with van der Waals surface area (Å²) in [5.74, 6) is 0.449. The lowest BCUT2D eigenvalue weighted by molar-refractivity contribution is -0.954. The molecule has 3 unspecified atom stereocenters. The number of rotatable bonds is 4. The van der Waals surface area contributed by atoms with Crippen LogP contribution in [0.2, 0.25) is 0 Å². The van der Waals surface area contributed by atoms with Crippen LogP contribution in [0.25, 0.3) is 0 Å². The van der Waals surface area contributed by atoms with Crippen molar-refractivity contribution in [3.8, 4) is 0 Å². The van der Waals surface area contributed by atoms with E-state index in [2.05, 4.69) is 21.0 Å². The predicted octanol–water partition coefficient (Wildman–Crippen LogP) is 0.912. The monoisotopic (exact) mass is 423 g/mol. The van der Waals surface area contributed by atoms with E-state index in [-0.39, 0.29) is 36.0 Å². The first-order valence-electron chi connectivity index (χ1n) is 8.93. The van der Waals surface area contributed by atoms with Crippen molar-refractivity contribution in [2.45, 2.75) is 83.3 Å². The summed E-state index contributed by atoms with van der Waals surface area (Å²) in [4.78, 5) is 11.5. The molecule has 4 heteroatoms. The van der Waals surface area contributed by atoms with Gasteiger partial charge < -0.3 is 33.2 Å². The molecule has 0 amide bonds. The summed E-state index contributed by atoms with van der Waals surface area (Å²) in [6.07, 6.45) is 11.4. The second kappa shape index (κ2) is 8.32. The fraction of sp³-hybridized carbons (Fsp3) is 0.944. The molecule has 0 bridgehead atoms. The fourth-order valence-electron chi connectivity index (χ4n) is 5.10. The number of carbonyl (C=O) groups excluding carboxylic acids is 1. The quantitative estimate of drug-likeness (QED) is 0.382. The molecule has 0 radical (unpaired) electrons. The highest BCUT2D eigenvalue weighted by molar-refractivity contribution is 5.66. The molecule has 2 fully saturated rings. The number of unbranched alkanes of at least 4 members (excludes halogenated alkanes) is 1. The number of ether oxygens (including phenoxy) is 1. The molecule has 1 aliphatic carbocycles. The Morgan fingerprint density at radius 3 is 2.50 bits per heavy atom. The molecule has 1 heterocycles. The van der Waals surface area contributed by atoms with E-state index in [0.29, 0.717) is 11.5 Å². The van der Waals surface area contributed by atoms with Crippen LogP contribution in [0.15, 0.2) is 0 Å². The zero-order valence-corrected chi connectivity index (χ0v) is 17.0. The lowest BCUT2D eigenvalue weighted by Crippen LogP contribution is -3.00. The van der Waals surface area contributed by atoms with Gasteiger partial charge in [0.25, 0.3) is 0 Å². The van der Waals surface area contributed by atoms with E-state index in [9.17, 15) is 4.79 Å². The van der Waals surface area contributed by atoms with E-state index in [4.69, 9.17) is 4.74 Å². The van der Waals surface area contributed by atoms with Crippen LogP contribution in [0.4, 0.5) is 0 Å². The SMILES string of the molecule is CCCCC1C(OC(C)=O)CCCC12CCCC[N+]2(C)C.[I-]. The third-order valence-corrected chi connectivity index (χ3v) is 6.21. The first-order valence-corrected chi connectivity index (χ1v) is 8.93. The molecule has 0 aromatic rings. The van der Waals surface area contributed by atoms with Crippen molar-refractivity contribution >= 4 is 5.97 Å². The van der Waals surface area contributed by atoms with Gasteiger partial charge in [-0.15, -0.1) is 0 Å². The molecule has 1 saturated carbocycles. The number of hydrogen-bond donors (Lipinski definition) is 0. The molecule has 0 aromatic carbocycles. The number of hydrogen-bond acceptors (Lipinski definition) is 2. The van der Waals surface area contributed by atoms with Crippen LogP contribution in [0.1, 0.15) is 71.6 Å². The molecule has 1 aliphatic heterocycles. The van der Waals surface area contributed by atoms with Gasteiger partial charge in [-0.2, -0.15) is 0 Å². The van der Waals surface area contributed by atoms with Crippen molar-refractivity contribution in [2.24, 2.45) is 5.92 Å². The minimum Gasteiger partial charge on any atom is -1.00 e. The first kappa shape index (κ1) is 20.2. The van der Waals surface area contributed by atoms with Gasteiger partial charge in [0.15, 0.2) is 0 Å². The molecule has 0 N–H and O–H groups in total. The maximum absolute atomic E-state index is 11.5. The van der Waals surface area contributed by atoms with Crippen LogP contribution < -0.4 is 24.0 Å². The second-order valence-electron chi connectivity index (χ2n) is 7.76. The molecule has 3 nitrogen and oxygen atoms in total. The molecular weight excluding hydrogens is 389 g/mol. The number of carbonyl (C=O) groups is 1. The van der Waals surface area contributed by atoms with Crippen LogP contribution in [0, 0.1) is 5.92 Å². The lowest BCUT2D eigenvalue weighted by atomic mass is 9.63. The van der Waals surface area contributed by atoms with Gasteiger partial charge in [0.1, 0.15) is 11.6 Å². The standard InChI is InChI=1S/C18H34NO2.HI/c1-5-6-10-16-17(21-15(2)20)11-9-13-18(16)12-7-8-14-19(18,3)4;/h16-17H,5-14H2,1-4H3;1H/q+1;/p-1. The summed E-state index contributed by atoms with van der Waals surface area (Å²) in [5.41, 5.74) is 0.339. The van der Waals surface area contributed by atoms with Gasteiger partial charge in [-0.05, 0) is 32.1 Å². The van der Waals surface area contributed by atoms with Gasteiger partial charge in [-0.3, -0.25) is 4.79 Å². The molecule has 1 spiro atoms. The van der Waals surface area contributed by atoms with Gasteiger partial charge in [-0.1, -0.05) is 19.8 Å². The average Bonchev–Trinajstić information content (AvgIpc) is 2.41. The number of nitrogens with zero attached hydrogens (tertiary/aromatic N) is 1. The highest BCUT2D eigenvalue weighted by atomic mass is 127. The molecule has 3 atom stereocenters. The molecule has 0 aromatic heterocycles. The number of likely N-dealkylation sites (tertiary alicyclic amines) is 1. The highest BCUT2D eigenvalue weighted by Crippen LogP contribution is 2.49. The number of halogens is 1. The summed E-state index contributed by atoms with van der Waals surface area (Å²) in [6.45, 7) is 5.10. The number of quaternary nitrogens is 1. The molecule has 2 aliphatic rings. The Hall–Kier alpha value is 0.160. The molecule has 130 valence electrons. The van der Waals surface area contributed by atoms with Crippen LogP contribution in [-0.4, -0.2) is 42.7 Å². The minimum atomic E-state index is -0.0975. The summed E-state index contributed by atoms with van der Waals surface area (Å²) < 4.78 is 6.90.